The molecule has 6 nitrogen and oxygen atoms in total. The van der Waals surface area contributed by atoms with Crippen molar-refractivity contribution in [3.8, 4) is 0 Å². The van der Waals surface area contributed by atoms with Gasteiger partial charge in [-0.15, -0.1) is 0 Å². The lowest BCUT2D eigenvalue weighted by atomic mass is 10.0. The van der Waals surface area contributed by atoms with E-state index in [9.17, 15) is 14.4 Å². The van der Waals surface area contributed by atoms with Crippen molar-refractivity contribution in [2.24, 2.45) is 0 Å². The summed E-state index contributed by atoms with van der Waals surface area (Å²) in [5, 5.41) is 9.68. The number of carbonyl (C=O) groups is 3. The predicted molar refractivity (Wildman–Crippen MR) is 86.6 cm³/mol. The summed E-state index contributed by atoms with van der Waals surface area (Å²) in [7, 11) is 1.00. The van der Waals surface area contributed by atoms with E-state index in [1.54, 1.807) is 12.1 Å². The fourth-order valence-electron chi connectivity index (χ4n) is 2.43. The number of aliphatic hydroxyl groups excluding tert-OH is 1. The van der Waals surface area contributed by atoms with Gasteiger partial charge in [-0.1, -0.05) is 18.7 Å². The molecule has 1 unspecified atom stereocenters. The number of hydrogen-bond donors (Lipinski definition) is 2. The molecule has 0 spiro atoms. The van der Waals surface area contributed by atoms with Gasteiger partial charge in [0.1, 0.15) is 12.3 Å². The van der Waals surface area contributed by atoms with Gasteiger partial charge in [-0.2, -0.15) is 0 Å². The van der Waals surface area contributed by atoms with Crippen molar-refractivity contribution < 1.29 is 19.5 Å². The van der Waals surface area contributed by atoms with Crippen LogP contribution in [0.4, 0.5) is 0 Å². The van der Waals surface area contributed by atoms with Crippen LogP contribution >= 0.6 is 0 Å². The summed E-state index contributed by atoms with van der Waals surface area (Å²) in [5.74, 6) is -0.206. The second-order valence-electron chi connectivity index (χ2n) is 5.23. The normalized spacial score (nSPS) is 16.7. The molecule has 2 rings (SSSR count). The Hall–Kier alpha value is -2.47. The minimum absolute atomic E-state index is 0.206. The van der Waals surface area contributed by atoms with Crippen molar-refractivity contribution in [3.05, 3.63) is 47.2 Å². The summed E-state index contributed by atoms with van der Waals surface area (Å²) in [6, 6.07) is 4.82. The molecule has 1 aromatic carbocycles. The standard InChI is InChI=1S/C16H18N2O3.CH4O/c1-11-3-5-13(9-19)7-14(11)8-18(10-20)15-6-4-12(2)17-16(15)21;1-2/h3,5,7,9-10,15H,2,4,6,8H2,1H3,(H,17,21);2H,1H3. The molecule has 2 N–H and O–H groups in total. The molecule has 1 aliphatic rings. The molecule has 1 aliphatic heterocycles. The van der Waals surface area contributed by atoms with Gasteiger partial charge in [0.25, 0.3) is 0 Å². The number of allylic oxidation sites excluding steroid dienone is 1. The van der Waals surface area contributed by atoms with Crippen molar-refractivity contribution >= 4 is 18.6 Å². The molecule has 1 aromatic rings. The Balaban J connectivity index is 0.00000127. The molecule has 6 heteroatoms. The number of amides is 2. The SMILES string of the molecule is C=C1CCC(N(C=O)Cc2cc(C=O)ccc2C)C(=O)N1.CO. The maximum Gasteiger partial charge on any atom is 0.246 e. The van der Waals surface area contributed by atoms with E-state index in [0.717, 1.165) is 24.5 Å². The molecule has 1 atom stereocenters. The summed E-state index contributed by atoms with van der Waals surface area (Å²) in [5.41, 5.74) is 3.08. The second-order valence-corrected chi connectivity index (χ2v) is 5.23. The van der Waals surface area contributed by atoms with E-state index in [2.05, 4.69) is 11.9 Å². The van der Waals surface area contributed by atoms with Gasteiger partial charge in [0.05, 0.1) is 0 Å². The number of nitrogens with zero attached hydrogens (tertiary/aromatic N) is 1. The summed E-state index contributed by atoms with van der Waals surface area (Å²) >= 11 is 0. The molecule has 2 amide bonds. The third-order valence-corrected chi connectivity index (χ3v) is 3.72. The Kier molecular flexibility index (Phi) is 7.15. The molecule has 0 saturated carbocycles. The maximum absolute atomic E-state index is 12.0. The van der Waals surface area contributed by atoms with Gasteiger partial charge in [0.2, 0.25) is 12.3 Å². The van der Waals surface area contributed by atoms with Crippen LogP contribution in [-0.2, 0) is 16.1 Å². The number of hydrogen-bond acceptors (Lipinski definition) is 4. The molecule has 23 heavy (non-hydrogen) atoms. The quantitative estimate of drug-likeness (QED) is 0.798. The van der Waals surface area contributed by atoms with E-state index in [4.69, 9.17) is 5.11 Å². The van der Waals surface area contributed by atoms with Crippen LogP contribution in [0.15, 0.2) is 30.5 Å². The Morgan fingerprint density at radius 3 is 2.65 bits per heavy atom. The van der Waals surface area contributed by atoms with Crippen LogP contribution in [0.2, 0.25) is 0 Å². The molecular formula is C17H22N2O4. The van der Waals surface area contributed by atoms with Crippen molar-refractivity contribution in [1.82, 2.24) is 10.2 Å². The lowest BCUT2D eigenvalue weighted by Gasteiger charge is -2.31. The van der Waals surface area contributed by atoms with E-state index >= 15 is 0 Å². The van der Waals surface area contributed by atoms with Gasteiger partial charge < -0.3 is 15.3 Å². The summed E-state index contributed by atoms with van der Waals surface area (Å²) in [6.07, 6.45) is 2.68. The smallest absolute Gasteiger partial charge is 0.246 e. The number of piperidine rings is 1. The monoisotopic (exact) mass is 318 g/mol. The number of aliphatic hydroxyl groups is 1. The summed E-state index contributed by atoms with van der Waals surface area (Å²) in [4.78, 5) is 35.7. The van der Waals surface area contributed by atoms with Crippen molar-refractivity contribution in [3.63, 3.8) is 0 Å². The molecule has 0 bridgehead atoms. The van der Waals surface area contributed by atoms with E-state index < -0.39 is 6.04 Å². The zero-order valence-electron chi connectivity index (χ0n) is 13.4. The first kappa shape index (κ1) is 18.6. The molecule has 0 aromatic heterocycles. The lowest BCUT2D eigenvalue weighted by molar-refractivity contribution is -0.134. The van der Waals surface area contributed by atoms with Gasteiger partial charge in [0.15, 0.2) is 0 Å². The van der Waals surface area contributed by atoms with E-state index in [1.807, 2.05) is 13.0 Å². The number of benzene rings is 1. The van der Waals surface area contributed by atoms with Crippen LogP contribution in [0.3, 0.4) is 0 Å². The number of nitrogens with one attached hydrogen (secondary N) is 1. The molecule has 1 fully saturated rings. The highest BCUT2D eigenvalue weighted by atomic mass is 16.2. The Morgan fingerprint density at radius 1 is 1.39 bits per heavy atom. The zero-order chi connectivity index (χ0) is 17.4. The van der Waals surface area contributed by atoms with E-state index in [0.29, 0.717) is 37.1 Å². The predicted octanol–water partition coefficient (Wildman–Crippen LogP) is 1.17. The molecular weight excluding hydrogens is 296 g/mol. The Morgan fingerprint density at radius 2 is 2.09 bits per heavy atom. The van der Waals surface area contributed by atoms with Crippen molar-refractivity contribution in [2.45, 2.75) is 32.4 Å². The first-order valence-electron chi connectivity index (χ1n) is 7.24. The molecule has 1 heterocycles. The highest BCUT2D eigenvalue weighted by Gasteiger charge is 2.29. The zero-order valence-corrected chi connectivity index (χ0v) is 13.4. The maximum atomic E-state index is 12.0. The number of carbonyl (C=O) groups excluding carboxylic acids is 3. The van der Waals surface area contributed by atoms with Crippen LogP contribution in [-0.4, -0.2) is 41.8 Å². The van der Waals surface area contributed by atoms with Crippen molar-refractivity contribution in [2.75, 3.05) is 7.11 Å². The van der Waals surface area contributed by atoms with Crippen LogP contribution < -0.4 is 5.32 Å². The third kappa shape index (κ3) is 4.75. The number of rotatable bonds is 5. The van der Waals surface area contributed by atoms with Gasteiger partial charge in [-0.3, -0.25) is 14.4 Å². The topological polar surface area (TPSA) is 86.7 Å². The number of aryl methyl sites for hydroxylation is 1. The Labute approximate surface area is 135 Å². The van der Waals surface area contributed by atoms with Crippen molar-refractivity contribution in [1.29, 1.82) is 0 Å². The first-order chi connectivity index (χ1) is 11.0. The van der Waals surface area contributed by atoms with Gasteiger partial charge >= 0.3 is 0 Å². The molecule has 0 radical (unpaired) electrons. The fraction of sp³-hybridized carbons (Fsp3) is 0.353. The average Bonchev–Trinajstić information content (AvgIpc) is 2.56. The minimum atomic E-state index is -0.493. The highest BCUT2D eigenvalue weighted by molar-refractivity contribution is 5.86. The summed E-state index contributed by atoms with van der Waals surface area (Å²) < 4.78 is 0. The Bertz CT molecular complexity index is 598. The fourth-order valence-corrected chi connectivity index (χ4v) is 2.43. The van der Waals surface area contributed by atoms with Gasteiger partial charge in [-0.25, -0.2) is 0 Å². The molecule has 1 saturated heterocycles. The van der Waals surface area contributed by atoms with Crippen LogP contribution in [0.5, 0.6) is 0 Å². The second kappa shape index (κ2) is 8.85. The number of aldehydes is 1. The van der Waals surface area contributed by atoms with Gasteiger partial charge in [-0.05, 0) is 37.0 Å². The molecule has 0 aliphatic carbocycles. The van der Waals surface area contributed by atoms with E-state index in [-0.39, 0.29) is 5.91 Å². The largest absolute Gasteiger partial charge is 0.400 e. The average molecular weight is 318 g/mol. The first-order valence-corrected chi connectivity index (χ1v) is 7.24. The van der Waals surface area contributed by atoms with Gasteiger partial charge in [0, 0.05) is 24.9 Å². The molecule has 124 valence electrons. The minimum Gasteiger partial charge on any atom is -0.400 e. The van der Waals surface area contributed by atoms with E-state index in [1.165, 1.54) is 4.90 Å². The highest BCUT2D eigenvalue weighted by Crippen LogP contribution is 2.19. The van der Waals surface area contributed by atoms with Crippen LogP contribution in [0.25, 0.3) is 0 Å². The van der Waals surface area contributed by atoms with Crippen LogP contribution in [0.1, 0.15) is 34.3 Å². The third-order valence-electron chi connectivity index (χ3n) is 3.72. The summed E-state index contributed by atoms with van der Waals surface area (Å²) in [6.45, 7) is 5.95. The van der Waals surface area contributed by atoms with Crippen LogP contribution in [0, 0.1) is 6.92 Å². The lowest BCUT2D eigenvalue weighted by Crippen LogP contribution is -2.48.